The fourth-order valence-corrected chi connectivity index (χ4v) is 2.64. The summed E-state index contributed by atoms with van der Waals surface area (Å²) >= 11 is 0. The SMILES string of the molecule is CN(C(=O)CC1CCc2ccccc21)C(=O)OC(C)(C)C. The molecule has 0 saturated heterocycles. The highest BCUT2D eigenvalue weighted by Crippen LogP contribution is 2.35. The van der Waals surface area contributed by atoms with Crippen molar-refractivity contribution in [1.29, 1.82) is 0 Å². The molecule has 0 aliphatic heterocycles. The average molecular weight is 289 g/mol. The maximum atomic E-state index is 12.3. The van der Waals surface area contributed by atoms with Crippen LogP contribution in [0.2, 0.25) is 0 Å². The highest BCUT2D eigenvalue weighted by atomic mass is 16.6. The Kier molecular flexibility index (Phi) is 4.35. The van der Waals surface area contributed by atoms with Gasteiger partial charge in [0, 0.05) is 13.5 Å². The van der Waals surface area contributed by atoms with Crippen LogP contribution in [0, 0.1) is 0 Å². The average Bonchev–Trinajstić information content (AvgIpc) is 2.79. The van der Waals surface area contributed by atoms with Crippen LogP contribution < -0.4 is 0 Å². The number of hydrogen-bond donors (Lipinski definition) is 0. The van der Waals surface area contributed by atoms with E-state index in [0.717, 1.165) is 17.7 Å². The van der Waals surface area contributed by atoms with Crippen molar-refractivity contribution in [3.63, 3.8) is 0 Å². The highest BCUT2D eigenvalue weighted by molar-refractivity contribution is 5.92. The van der Waals surface area contributed by atoms with E-state index < -0.39 is 11.7 Å². The number of ether oxygens (including phenoxy) is 1. The first-order valence-corrected chi connectivity index (χ1v) is 7.35. The number of hydrogen-bond acceptors (Lipinski definition) is 3. The zero-order valence-electron chi connectivity index (χ0n) is 13.2. The van der Waals surface area contributed by atoms with Gasteiger partial charge < -0.3 is 4.74 Å². The van der Waals surface area contributed by atoms with Crippen molar-refractivity contribution in [1.82, 2.24) is 4.90 Å². The topological polar surface area (TPSA) is 46.6 Å². The fourth-order valence-electron chi connectivity index (χ4n) is 2.64. The maximum Gasteiger partial charge on any atom is 0.416 e. The van der Waals surface area contributed by atoms with Gasteiger partial charge in [0.25, 0.3) is 0 Å². The van der Waals surface area contributed by atoms with Crippen LogP contribution in [-0.2, 0) is 16.0 Å². The van der Waals surface area contributed by atoms with Crippen LogP contribution in [0.5, 0.6) is 0 Å². The molecule has 0 spiro atoms. The minimum absolute atomic E-state index is 0.189. The lowest BCUT2D eigenvalue weighted by molar-refractivity contribution is -0.129. The first-order chi connectivity index (χ1) is 9.78. The van der Waals surface area contributed by atoms with E-state index in [9.17, 15) is 9.59 Å². The lowest BCUT2D eigenvalue weighted by Gasteiger charge is -2.24. The predicted molar refractivity (Wildman–Crippen MR) is 81.1 cm³/mol. The molecule has 4 nitrogen and oxygen atoms in total. The highest BCUT2D eigenvalue weighted by Gasteiger charge is 2.29. The van der Waals surface area contributed by atoms with Crippen LogP contribution in [0.25, 0.3) is 0 Å². The van der Waals surface area contributed by atoms with Gasteiger partial charge in [0.05, 0.1) is 0 Å². The molecule has 0 saturated carbocycles. The second-order valence-electron chi connectivity index (χ2n) is 6.57. The van der Waals surface area contributed by atoms with Crippen molar-refractivity contribution >= 4 is 12.0 Å². The quantitative estimate of drug-likeness (QED) is 0.837. The van der Waals surface area contributed by atoms with Gasteiger partial charge in [-0.05, 0) is 50.7 Å². The largest absolute Gasteiger partial charge is 0.443 e. The number of carbonyl (C=O) groups excluding carboxylic acids is 2. The molecule has 2 amide bonds. The molecular formula is C17H23NO3. The smallest absolute Gasteiger partial charge is 0.416 e. The number of amides is 2. The number of aryl methyl sites for hydroxylation is 1. The Labute approximate surface area is 126 Å². The van der Waals surface area contributed by atoms with Gasteiger partial charge in [-0.15, -0.1) is 0 Å². The fraction of sp³-hybridized carbons (Fsp3) is 0.529. The monoisotopic (exact) mass is 289 g/mol. The molecule has 21 heavy (non-hydrogen) atoms. The van der Waals surface area contributed by atoms with Crippen LogP contribution >= 0.6 is 0 Å². The molecule has 2 rings (SSSR count). The third kappa shape index (κ3) is 3.84. The second-order valence-corrected chi connectivity index (χ2v) is 6.57. The number of benzene rings is 1. The number of nitrogens with zero attached hydrogens (tertiary/aromatic N) is 1. The van der Waals surface area contributed by atoms with Gasteiger partial charge in [-0.25, -0.2) is 4.79 Å². The summed E-state index contributed by atoms with van der Waals surface area (Å²) in [4.78, 5) is 25.3. The molecule has 4 heteroatoms. The molecule has 1 aliphatic carbocycles. The van der Waals surface area contributed by atoms with Gasteiger partial charge in [-0.3, -0.25) is 9.69 Å². The summed E-state index contributed by atoms with van der Waals surface area (Å²) in [5.41, 5.74) is 1.96. The lowest BCUT2D eigenvalue weighted by atomic mass is 9.97. The third-order valence-electron chi connectivity index (χ3n) is 3.72. The van der Waals surface area contributed by atoms with Crippen molar-refractivity contribution < 1.29 is 14.3 Å². The Morgan fingerprint density at radius 3 is 2.62 bits per heavy atom. The summed E-state index contributed by atoms with van der Waals surface area (Å²) in [7, 11) is 1.48. The van der Waals surface area contributed by atoms with E-state index in [0.29, 0.717) is 6.42 Å². The first-order valence-electron chi connectivity index (χ1n) is 7.35. The summed E-state index contributed by atoms with van der Waals surface area (Å²) in [6, 6.07) is 8.21. The molecule has 0 heterocycles. The van der Waals surface area contributed by atoms with Crippen molar-refractivity contribution in [3.05, 3.63) is 35.4 Å². The van der Waals surface area contributed by atoms with Crippen LogP contribution in [0.4, 0.5) is 4.79 Å². The molecule has 0 bridgehead atoms. The number of fused-ring (bicyclic) bond motifs is 1. The van der Waals surface area contributed by atoms with Crippen LogP contribution in [0.15, 0.2) is 24.3 Å². The van der Waals surface area contributed by atoms with Gasteiger partial charge in [-0.1, -0.05) is 24.3 Å². The van der Waals surface area contributed by atoms with Crippen molar-refractivity contribution in [2.75, 3.05) is 7.05 Å². The Morgan fingerprint density at radius 2 is 1.95 bits per heavy atom. The molecule has 1 atom stereocenters. The zero-order valence-corrected chi connectivity index (χ0v) is 13.2. The molecule has 1 unspecified atom stereocenters. The molecule has 0 radical (unpaired) electrons. The van der Waals surface area contributed by atoms with Gasteiger partial charge in [0.15, 0.2) is 0 Å². The van der Waals surface area contributed by atoms with Crippen LogP contribution in [0.3, 0.4) is 0 Å². The molecule has 1 aromatic carbocycles. The van der Waals surface area contributed by atoms with E-state index in [1.807, 2.05) is 12.1 Å². The van der Waals surface area contributed by atoms with E-state index in [2.05, 4.69) is 12.1 Å². The van der Waals surface area contributed by atoms with Gasteiger partial charge in [-0.2, -0.15) is 0 Å². The van der Waals surface area contributed by atoms with Crippen LogP contribution in [-0.4, -0.2) is 29.5 Å². The van der Waals surface area contributed by atoms with Crippen molar-refractivity contribution in [2.45, 2.75) is 51.6 Å². The molecule has 0 aromatic heterocycles. The molecule has 0 N–H and O–H groups in total. The normalized spacial score (nSPS) is 17.2. The van der Waals surface area contributed by atoms with E-state index in [1.54, 1.807) is 20.8 Å². The third-order valence-corrected chi connectivity index (χ3v) is 3.72. The van der Waals surface area contributed by atoms with E-state index in [4.69, 9.17) is 4.74 Å². The molecule has 1 aliphatic rings. The Morgan fingerprint density at radius 1 is 1.29 bits per heavy atom. The Hall–Kier alpha value is -1.84. The zero-order chi connectivity index (χ0) is 15.6. The first kappa shape index (κ1) is 15.5. The summed E-state index contributed by atoms with van der Waals surface area (Å²) in [6.07, 6.45) is 1.74. The summed E-state index contributed by atoms with van der Waals surface area (Å²) in [5.74, 6) is 0.0181. The molecular weight excluding hydrogens is 266 g/mol. The molecule has 0 fully saturated rings. The van der Waals surface area contributed by atoms with Gasteiger partial charge >= 0.3 is 6.09 Å². The maximum absolute atomic E-state index is 12.3. The standard InChI is InChI=1S/C17H23NO3/c1-17(2,3)21-16(20)18(4)15(19)11-13-10-9-12-7-5-6-8-14(12)13/h5-8,13H,9-11H2,1-4H3. The van der Waals surface area contributed by atoms with Crippen LogP contribution in [0.1, 0.15) is 50.7 Å². The van der Waals surface area contributed by atoms with Crippen molar-refractivity contribution in [2.24, 2.45) is 0 Å². The minimum Gasteiger partial charge on any atom is -0.443 e. The summed E-state index contributed by atoms with van der Waals surface area (Å²) < 4.78 is 5.22. The Bertz CT molecular complexity index is 545. The summed E-state index contributed by atoms with van der Waals surface area (Å²) in [5, 5.41) is 0. The van der Waals surface area contributed by atoms with E-state index in [1.165, 1.54) is 18.2 Å². The van der Waals surface area contributed by atoms with E-state index >= 15 is 0 Å². The number of rotatable bonds is 2. The minimum atomic E-state index is -0.592. The number of carbonyl (C=O) groups is 2. The van der Waals surface area contributed by atoms with E-state index in [-0.39, 0.29) is 11.8 Å². The predicted octanol–water partition coefficient (Wildman–Crippen LogP) is 3.50. The number of imide groups is 1. The van der Waals surface area contributed by atoms with Crippen molar-refractivity contribution in [3.8, 4) is 0 Å². The lowest BCUT2D eigenvalue weighted by Crippen LogP contribution is -2.38. The summed E-state index contributed by atoms with van der Waals surface area (Å²) in [6.45, 7) is 5.36. The molecule has 1 aromatic rings. The van der Waals surface area contributed by atoms with Gasteiger partial charge in [0.2, 0.25) is 5.91 Å². The molecule has 114 valence electrons. The Balaban J connectivity index is 1.98. The van der Waals surface area contributed by atoms with Gasteiger partial charge in [0.1, 0.15) is 5.60 Å². The second kappa shape index (κ2) is 5.88.